The number of nitrogens with two attached hydrogens (primary N) is 1. The highest BCUT2D eigenvalue weighted by Crippen LogP contribution is 2.12. The van der Waals surface area contributed by atoms with Crippen LogP contribution in [-0.4, -0.2) is 18.3 Å². The molecule has 1 heterocycles. The minimum Gasteiger partial charge on any atom is -0.383 e. The second-order valence-electron chi connectivity index (χ2n) is 4.09. The molecule has 0 aliphatic heterocycles. The van der Waals surface area contributed by atoms with Crippen molar-refractivity contribution in [3.05, 3.63) is 33.7 Å². The van der Waals surface area contributed by atoms with Crippen LogP contribution in [0.15, 0.2) is 16.9 Å². The minimum absolute atomic E-state index is 0.00532. The van der Waals surface area contributed by atoms with E-state index in [-0.39, 0.29) is 12.1 Å². The maximum absolute atomic E-state index is 12.1. The molecule has 0 amide bonds. The Labute approximate surface area is 96.0 Å². The predicted molar refractivity (Wildman–Crippen MR) is 64.6 cm³/mol. The van der Waals surface area contributed by atoms with Crippen LogP contribution in [-0.2, 0) is 17.8 Å². The van der Waals surface area contributed by atoms with Gasteiger partial charge in [-0.25, -0.2) is 0 Å². The monoisotopic (exact) mass is 224 g/mol. The first-order valence-corrected chi connectivity index (χ1v) is 5.53. The maximum Gasteiger partial charge on any atom is 0.255 e. The molecule has 0 saturated heterocycles. The van der Waals surface area contributed by atoms with Crippen molar-refractivity contribution in [2.75, 3.05) is 13.7 Å². The van der Waals surface area contributed by atoms with Crippen LogP contribution in [0.4, 0.5) is 0 Å². The van der Waals surface area contributed by atoms with Gasteiger partial charge >= 0.3 is 0 Å². The van der Waals surface area contributed by atoms with Gasteiger partial charge in [0.25, 0.3) is 5.56 Å². The summed E-state index contributed by atoms with van der Waals surface area (Å²) in [7, 11) is 1.63. The number of rotatable bonds is 5. The lowest BCUT2D eigenvalue weighted by Gasteiger charge is -2.16. The summed E-state index contributed by atoms with van der Waals surface area (Å²) < 4.78 is 6.78. The molecule has 1 rings (SSSR count). The van der Waals surface area contributed by atoms with Crippen molar-refractivity contribution < 1.29 is 4.74 Å². The number of hydrogen-bond donors (Lipinski definition) is 1. The van der Waals surface area contributed by atoms with Gasteiger partial charge in [0.15, 0.2) is 0 Å². The molecule has 16 heavy (non-hydrogen) atoms. The lowest BCUT2D eigenvalue weighted by Crippen LogP contribution is -2.29. The van der Waals surface area contributed by atoms with Crippen LogP contribution in [0.2, 0.25) is 0 Å². The summed E-state index contributed by atoms with van der Waals surface area (Å²) in [5.74, 6) is 0.316. The first-order valence-electron chi connectivity index (χ1n) is 5.53. The van der Waals surface area contributed by atoms with Crippen LogP contribution in [0.3, 0.4) is 0 Å². The van der Waals surface area contributed by atoms with E-state index in [4.69, 9.17) is 10.5 Å². The molecule has 0 spiro atoms. The lowest BCUT2D eigenvalue weighted by atomic mass is 10.1. The number of hydrogen-bond acceptors (Lipinski definition) is 3. The first kappa shape index (κ1) is 12.9. The summed E-state index contributed by atoms with van der Waals surface area (Å²) in [5.41, 5.74) is 7.22. The molecule has 0 aliphatic rings. The highest BCUT2D eigenvalue weighted by Gasteiger charge is 2.10. The van der Waals surface area contributed by atoms with Crippen LogP contribution >= 0.6 is 0 Å². The molecule has 0 fully saturated rings. The van der Waals surface area contributed by atoms with Crippen molar-refractivity contribution in [3.63, 3.8) is 0 Å². The highest BCUT2D eigenvalue weighted by molar-refractivity contribution is 5.18. The van der Waals surface area contributed by atoms with Crippen LogP contribution in [0.5, 0.6) is 0 Å². The summed E-state index contributed by atoms with van der Waals surface area (Å²) in [5, 5.41) is 0. The van der Waals surface area contributed by atoms with Gasteiger partial charge in [0.05, 0.1) is 6.61 Å². The van der Waals surface area contributed by atoms with E-state index in [1.165, 1.54) is 0 Å². The Morgan fingerprint density at radius 3 is 2.62 bits per heavy atom. The minimum atomic E-state index is 0.00532. The van der Waals surface area contributed by atoms with Crippen molar-refractivity contribution in [1.82, 2.24) is 4.57 Å². The van der Waals surface area contributed by atoms with Crippen molar-refractivity contribution in [1.29, 1.82) is 0 Å². The first-order chi connectivity index (χ1) is 7.61. The molecule has 4 nitrogen and oxygen atoms in total. The Kier molecular flexibility index (Phi) is 4.71. The van der Waals surface area contributed by atoms with Crippen molar-refractivity contribution in [2.24, 2.45) is 5.73 Å². The van der Waals surface area contributed by atoms with Crippen LogP contribution < -0.4 is 11.3 Å². The SMILES string of the molecule is COCCn1c(C(C)C)ccc(CN)c1=O. The maximum atomic E-state index is 12.1. The van der Waals surface area contributed by atoms with E-state index in [1.807, 2.05) is 12.1 Å². The Morgan fingerprint density at radius 1 is 1.44 bits per heavy atom. The third-order valence-electron chi connectivity index (χ3n) is 2.62. The van der Waals surface area contributed by atoms with Gasteiger partial charge in [-0.05, 0) is 12.0 Å². The van der Waals surface area contributed by atoms with Crippen molar-refractivity contribution in [2.45, 2.75) is 32.9 Å². The van der Waals surface area contributed by atoms with Gasteiger partial charge in [0.2, 0.25) is 0 Å². The second kappa shape index (κ2) is 5.82. The zero-order valence-electron chi connectivity index (χ0n) is 10.2. The Balaban J connectivity index is 3.20. The van der Waals surface area contributed by atoms with Gasteiger partial charge in [-0.1, -0.05) is 19.9 Å². The van der Waals surface area contributed by atoms with Gasteiger partial charge in [0.1, 0.15) is 0 Å². The Hall–Kier alpha value is -1.13. The summed E-state index contributed by atoms with van der Waals surface area (Å²) >= 11 is 0. The second-order valence-corrected chi connectivity index (χ2v) is 4.09. The summed E-state index contributed by atoms with van der Waals surface area (Å²) in [6, 6.07) is 3.80. The van der Waals surface area contributed by atoms with E-state index in [9.17, 15) is 4.79 Å². The largest absolute Gasteiger partial charge is 0.383 e. The molecule has 4 heteroatoms. The van der Waals surface area contributed by atoms with Gasteiger partial charge < -0.3 is 15.0 Å². The Bertz CT molecular complexity index is 396. The topological polar surface area (TPSA) is 57.2 Å². The average molecular weight is 224 g/mol. The molecule has 1 aromatic rings. The molecule has 0 aliphatic carbocycles. The predicted octanol–water partition coefficient (Wildman–Crippen LogP) is 1.08. The van der Waals surface area contributed by atoms with E-state index in [0.717, 1.165) is 5.69 Å². The average Bonchev–Trinajstić information content (AvgIpc) is 2.26. The van der Waals surface area contributed by atoms with Gasteiger partial charge in [-0.3, -0.25) is 4.79 Å². The standard InChI is InChI=1S/C12H20N2O2/c1-9(2)11-5-4-10(8-13)12(15)14(11)6-7-16-3/h4-5,9H,6-8,13H2,1-3H3. The van der Waals surface area contributed by atoms with Crippen LogP contribution in [0, 0.1) is 0 Å². The molecular weight excluding hydrogens is 204 g/mol. The van der Waals surface area contributed by atoms with E-state index in [0.29, 0.717) is 24.6 Å². The van der Waals surface area contributed by atoms with E-state index < -0.39 is 0 Å². The zero-order valence-corrected chi connectivity index (χ0v) is 10.2. The number of aromatic nitrogens is 1. The van der Waals surface area contributed by atoms with E-state index in [1.54, 1.807) is 11.7 Å². The molecule has 2 N–H and O–H groups in total. The molecule has 0 unspecified atom stereocenters. The van der Waals surface area contributed by atoms with Crippen molar-refractivity contribution in [3.8, 4) is 0 Å². The molecule has 0 atom stereocenters. The van der Waals surface area contributed by atoms with Crippen LogP contribution in [0.25, 0.3) is 0 Å². The smallest absolute Gasteiger partial charge is 0.255 e. The number of pyridine rings is 1. The summed E-state index contributed by atoms with van der Waals surface area (Å²) in [4.78, 5) is 12.1. The number of ether oxygens (including phenoxy) is 1. The fourth-order valence-corrected chi connectivity index (χ4v) is 1.71. The fourth-order valence-electron chi connectivity index (χ4n) is 1.71. The molecule has 1 aromatic heterocycles. The highest BCUT2D eigenvalue weighted by atomic mass is 16.5. The molecular formula is C12H20N2O2. The summed E-state index contributed by atoms with van der Waals surface area (Å²) in [6.45, 7) is 5.54. The third kappa shape index (κ3) is 2.71. The van der Waals surface area contributed by atoms with Crippen molar-refractivity contribution >= 4 is 0 Å². The quantitative estimate of drug-likeness (QED) is 0.814. The van der Waals surface area contributed by atoms with Crippen LogP contribution in [0.1, 0.15) is 31.0 Å². The van der Waals surface area contributed by atoms with Gasteiger partial charge in [0, 0.05) is 31.5 Å². The van der Waals surface area contributed by atoms with E-state index in [2.05, 4.69) is 13.8 Å². The van der Waals surface area contributed by atoms with Gasteiger partial charge in [-0.15, -0.1) is 0 Å². The third-order valence-corrected chi connectivity index (χ3v) is 2.62. The zero-order chi connectivity index (χ0) is 12.1. The van der Waals surface area contributed by atoms with Gasteiger partial charge in [-0.2, -0.15) is 0 Å². The molecule has 0 radical (unpaired) electrons. The normalized spacial score (nSPS) is 11.1. The number of nitrogens with zero attached hydrogens (tertiary/aromatic N) is 1. The molecule has 0 aromatic carbocycles. The lowest BCUT2D eigenvalue weighted by molar-refractivity contribution is 0.185. The van der Waals surface area contributed by atoms with E-state index >= 15 is 0 Å². The molecule has 0 bridgehead atoms. The number of methoxy groups -OCH3 is 1. The molecule has 90 valence electrons. The summed E-state index contributed by atoms with van der Waals surface area (Å²) in [6.07, 6.45) is 0. The Morgan fingerprint density at radius 2 is 2.12 bits per heavy atom. The fraction of sp³-hybridized carbons (Fsp3) is 0.583. The molecule has 0 saturated carbocycles.